The second-order valence-corrected chi connectivity index (χ2v) is 5.23. The minimum Gasteiger partial charge on any atom is -0.294 e. The molecule has 4 nitrogen and oxygen atoms in total. The molecule has 0 aliphatic carbocycles. The van der Waals surface area contributed by atoms with Crippen molar-refractivity contribution in [1.29, 1.82) is 0 Å². The molecule has 2 rings (SSSR count). The summed E-state index contributed by atoms with van der Waals surface area (Å²) in [6, 6.07) is 5.70. The van der Waals surface area contributed by atoms with E-state index < -0.39 is 0 Å². The highest BCUT2D eigenvalue weighted by Gasteiger charge is 2.15. The smallest absolute Gasteiger partial charge is 0.171 e. The summed E-state index contributed by atoms with van der Waals surface area (Å²) in [4.78, 5) is 16.5. The van der Waals surface area contributed by atoms with Gasteiger partial charge in [-0.05, 0) is 34.8 Å². The van der Waals surface area contributed by atoms with E-state index in [1.165, 1.54) is 6.33 Å². The third-order valence-electron chi connectivity index (χ3n) is 2.94. The zero-order valence-corrected chi connectivity index (χ0v) is 12.6. The highest BCUT2D eigenvalue weighted by atomic mass is 79.9. The van der Waals surface area contributed by atoms with Crippen LogP contribution < -0.4 is 0 Å². The van der Waals surface area contributed by atoms with Crippen molar-refractivity contribution >= 4 is 21.7 Å². The van der Waals surface area contributed by atoms with Crippen LogP contribution in [-0.2, 0) is 13.0 Å². The van der Waals surface area contributed by atoms with Gasteiger partial charge in [0, 0.05) is 16.6 Å². The topological polar surface area (TPSA) is 47.8 Å². The van der Waals surface area contributed by atoms with Gasteiger partial charge >= 0.3 is 0 Å². The summed E-state index contributed by atoms with van der Waals surface area (Å²) >= 11 is 3.47. The molecule has 2 aromatic rings. The number of carbonyl (C=O) groups excluding carboxylic acids is 1. The SMILES string of the molecule is CCCn1ncnc1CC(=O)c1cccc(C)c1Br. The van der Waals surface area contributed by atoms with Gasteiger partial charge in [-0.25, -0.2) is 9.67 Å². The van der Waals surface area contributed by atoms with Crippen LogP contribution in [0.15, 0.2) is 29.0 Å². The van der Waals surface area contributed by atoms with Crippen LogP contribution in [0, 0.1) is 6.92 Å². The van der Waals surface area contributed by atoms with Gasteiger partial charge in [0.15, 0.2) is 5.78 Å². The third-order valence-corrected chi connectivity index (χ3v) is 3.99. The molecule has 1 aromatic carbocycles. The molecule has 1 aromatic heterocycles. The first-order chi connectivity index (χ1) is 9.13. The second-order valence-electron chi connectivity index (χ2n) is 4.44. The number of rotatable bonds is 5. The largest absolute Gasteiger partial charge is 0.294 e. The van der Waals surface area contributed by atoms with E-state index in [4.69, 9.17) is 0 Å². The standard InChI is InChI=1S/C14H16BrN3O/c1-3-7-18-13(16-9-17-18)8-12(19)11-6-4-5-10(2)14(11)15/h4-6,9H,3,7-8H2,1-2H3. The molecule has 0 atom stereocenters. The Bertz CT molecular complexity index is 592. The molecule has 0 unspecified atom stereocenters. The van der Waals surface area contributed by atoms with E-state index in [-0.39, 0.29) is 12.2 Å². The van der Waals surface area contributed by atoms with Crippen LogP contribution in [0.3, 0.4) is 0 Å². The maximum Gasteiger partial charge on any atom is 0.171 e. The number of nitrogens with zero attached hydrogens (tertiary/aromatic N) is 3. The molecule has 0 radical (unpaired) electrons. The van der Waals surface area contributed by atoms with E-state index in [0.717, 1.165) is 28.8 Å². The van der Waals surface area contributed by atoms with Crippen molar-refractivity contribution in [3.8, 4) is 0 Å². The van der Waals surface area contributed by atoms with Crippen molar-refractivity contribution in [2.45, 2.75) is 33.2 Å². The molecule has 0 spiro atoms. The lowest BCUT2D eigenvalue weighted by Gasteiger charge is -2.07. The van der Waals surface area contributed by atoms with Crippen molar-refractivity contribution in [2.75, 3.05) is 0 Å². The van der Waals surface area contributed by atoms with Crippen LogP contribution in [0.25, 0.3) is 0 Å². The predicted octanol–water partition coefficient (Wildman–Crippen LogP) is 3.18. The Kier molecular flexibility index (Phi) is 4.47. The summed E-state index contributed by atoms with van der Waals surface area (Å²) < 4.78 is 2.66. The zero-order chi connectivity index (χ0) is 13.8. The normalized spacial score (nSPS) is 10.7. The van der Waals surface area contributed by atoms with Gasteiger partial charge in [-0.15, -0.1) is 0 Å². The third kappa shape index (κ3) is 3.10. The van der Waals surface area contributed by atoms with Crippen LogP contribution in [0.5, 0.6) is 0 Å². The summed E-state index contributed by atoms with van der Waals surface area (Å²) in [5.74, 6) is 0.779. The minimum atomic E-state index is 0.0564. The molecule has 0 saturated heterocycles. The van der Waals surface area contributed by atoms with E-state index in [1.54, 1.807) is 4.68 Å². The van der Waals surface area contributed by atoms with Gasteiger partial charge in [0.25, 0.3) is 0 Å². The Hall–Kier alpha value is -1.49. The summed E-state index contributed by atoms with van der Waals surface area (Å²) in [6.07, 6.45) is 2.75. The highest BCUT2D eigenvalue weighted by Crippen LogP contribution is 2.22. The van der Waals surface area contributed by atoms with Crippen molar-refractivity contribution in [2.24, 2.45) is 0 Å². The Morgan fingerprint density at radius 1 is 1.42 bits per heavy atom. The Labute approximate surface area is 121 Å². The number of aromatic nitrogens is 3. The van der Waals surface area contributed by atoms with Crippen LogP contribution >= 0.6 is 15.9 Å². The van der Waals surface area contributed by atoms with E-state index in [9.17, 15) is 4.79 Å². The minimum absolute atomic E-state index is 0.0564. The Morgan fingerprint density at radius 3 is 2.95 bits per heavy atom. The average molecular weight is 322 g/mol. The number of carbonyl (C=O) groups is 1. The molecule has 0 N–H and O–H groups in total. The highest BCUT2D eigenvalue weighted by molar-refractivity contribution is 9.10. The Balaban J connectivity index is 2.21. The number of hydrogen-bond acceptors (Lipinski definition) is 3. The summed E-state index contributed by atoms with van der Waals surface area (Å²) in [5.41, 5.74) is 1.76. The van der Waals surface area contributed by atoms with Gasteiger partial charge in [-0.1, -0.05) is 25.1 Å². The maximum absolute atomic E-state index is 12.3. The fourth-order valence-electron chi connectivity index (χ4n) is 1.93. The lowest BCUT2D eigenvalue weighted by atomic mass is 10.1. The molecular weight excluding hydrogens is 306 g/mol. The molecule has 100 valence electrons. The summed E-state index contributed by atoms with van der Waals surface area (Å²) in [6.45, 7) is 4.84. The first-order valence-corrected chi connectivity index (χ1v) is 7.07. The molecule has 0 aliphatic rings. The number of aryl methyl sites for hydroxylation is 2. The molecule has 0 aliphatic heterocycles. The number of Topliss-reactive ketones (excluding diaryl/α,β-unsaturated/α-hetero) is 1. The predicted molar refractivity (Wildman–Crippen MR) is 77.2 cm³/mol. The zero-order valence-electron chi connectivity index (χ0n) is 11.1. The van der Waals surface area contributed by atoms with E-state index in [2.05, 4.69) is 32.9 Å². The number of hydrogen-bond donors (Lipinski definition) is 0. The number of benzene rings is 1. The monoisotopic (exact) mass is 321 g/mol. The average Bonchev–Trinajstić information content (AvgIpc) is 2.80. The second kappa shape index (κ2) is 6.10. The van der Waals surface area contributed by atoms with Crippen molar-refractivity contribution in [3.63, 3.8) is 0 Å². The quantitative estimate of drug-likeness (QED) is 0.794. The molecule has 0 saturated carbocycles. The fraction of sp³-hybridized carbons (Fsp3) is 0.357. The molecular formula is C14H16BrN3O. The van der Waals surface area contributed by atoms with Crippen molar-refractivity contribution in [3.05, 3.63) is 46.0 Å². The first-order valence-electron chi connectivity index (χ1n) is 6.28. The van der Waals surface area contributed by atoms with E-state index >= 15 is 0 Å². The van der Waals surface area contributed by atoms with E-state index in [1.807, 2.05) is 25.1 Å². The summed E-state index contributed by atoms with van der Waals surface area (Å²) in [7, 11) is 0. The lowest BCUT2D eigenvalue weighted by molar-refractivity contribution is 0.0988. The van der Waals surface area contributed by atoms with Crippen molar-refractivity contribution in [1.82, 2.24) is 14.8 Å². The van der Waals surface area contributed by atoms with Crippen LogP contribution in [0.2, 0.25) is 0 Å². The van der Waals surface area contributed by atoms with Crippen molar-refractivity contribution < 1.29 is 4.79 Å². The van der Waals surface area contributed by atoms with Gasteiger partial charge in [0.1, 0.15) is 12.2 Å². The fourth-order valence-corrected chi connectivity index (χ4v) is 2.41. The molecule has 5 heteroatoms. The van der Waals surface area contributed by atoms with Crippen LogP contribution in [-0.4, -0.2) is 20.5 Å². The molecule has 0 fully saturated rings. The number of halogens is 1. The van der Waals surface area contributed by atoms with Gasteiger partial charge < -0.3 is 0 Å². The molecule has 1 heterocycles. The van der Waals surface area contributed by atoms with E-state index in [0.29, 0.717) is 5.56 Å². The van der Waals surface area contributed by atoms with Gasteiger partial charge in [-0.2, -0.15) is 5.10 Å². The lowest BCUT2D eigenvalue weighted by Crippen LogP contribution is -2.12. The molecule has 0 bridgehead atoms. The maximum atomic E-state index is 12.3. The van der Waals surface area contributed by atoms with Crippen LogP contribution in [0.1, 0.15) is 35.1 Å². The first kappa shape index (κ1) is 13.9. The number of ketones is 1. The van der Waals surface area contributed by atoms with Gasteiger partial charge in [0.2, 0.25) is 0 Å². The van der Waals surface area contributed by atoms with Crippen LogP contribution in [0.4, 0.5) is 0 Å². The molecule has 19 heavy (non-hydrogen) atoms. The van der Waals surface area contributed by atoms with Gasteiger partial charge in [0.05, 0.1) is 6.42 Å². The summed E-state index contributed by atoms with van der Waals surface area (Å²) in [5, 5.41) is 4.13. The molecule has 0 amide bonds. The van der Waals surface area contributed by atoms with Gasteiger partial charge in [-0.3, -0.25) is 4.79 Å². The Morgan fingerprint density at radius 2 is 2.21 bits per heavy atom.